The molecule has 0 aliphatic heterocycles. The second-order valence-corrected chi connectivity index (χ2v) is 28.8. The van der Waals surface area contributed by atoms with E-state index in [0.29, 0.717) is 105 Å². The maximum atomic E-state index is 12.2. The van der Waals surface area contributed by atoms with Gasteiger partial charge in [-0.3, -0.25) is 76.7 Å². The molecule has 0 aromatic rings. The Morgan fingerprint density at radius 1 is 0.198 bits per heavy atom. The van der Waals surface area contributed by atoms with E-state index >= 15 is 0 Å². The summed E-state index contributed by atoms with van der Waals surface area (Å²) >= 11 is 0. The van der Waals surface area contributed by atoms with Crippen molar-refractivity contribution in [2.24, 2.45) is 47.3 Å². The van der Waals surface area contributed by atoms with Gasteiger partial charge in [0.05, 0.1) is 76.5 Å². The Hall–Kier alpha value is -7.72. The Balaban J connectivity index is -0.000000721. The molecule has 8 atom stereocenters. The van der Waals surface area contributed by atoms with Crippen LogP contribution in [-0.2, 0) is 134 Å². The molecule has 0 amide bonds. The van der Waals surface area contributed by atoms with Crippen LogP contribution in [0.2, 0.25) is 0 Å². The topological polar surface area (TPSA) is 496 Å². The van der Waals surface area contributed by atoms with E-state index in [1.165, 1.54) is 55.4 Å². The summed E-state index contributed by atoms with van der Waals surface area (Å²) in [5.41, 5.74) is 0. The molecule has 0 fully saturated rings. The Morgan fingerprint density at radius 3 is 0.466 bits per heavy atom. The molecule has 8 unspecified atom stereocenters. The minimum atomic E-state index is -1.05. The molecule has 0 aromatic heterocycles. The highest BCUT2D eigenvalue weighted by atomic mass is 16.5. The summed E-state index contributed by atoms with van der Waals surface area (Å²) in [7, 11) is 0. The molecule has 0 bridgehead atoms. The molecule has 0 spiro atoms. The van der Waals surface area contributed by atoms with Crippen LogP contribution in [0.15, 0.2) is 0 Å². The van der Waals surface area contributed by atoms with E-state index in [2.05, 4.69) is 0 Å². The van der Waals surface area contributed by atoms with Crippen LogP contribution in [0.25, 0.3) is 0 Å². The lowest BCUT2D eigenvalue weighted by Gasteiger charge is -2.14. The number of hydrogen-bond acceptors (Lipinski definition) is 28. The van der Waals surface area contributed by atoms with Crippen LogP contribution >= 0.6 is 0 Å². The van der Waals surface area contributed by atoms with Crippen LogP contribution in [0.3, 0.4) is 0 Å². The van der Waals surface area contributed by atoms with Crippen molar-refractivity contribution in [3.8, 4) is 0 Å². The van der Waals surface area contributed by atoms with E-state index in [1.54, 1.807) is 0 Å². The molecule has 0 radical (unpaired) electrons. The molecule has 32 heteroatoms. The first-order valence-electron chi connectivity index (χ1n) is 40.3. The maximum absolute atomic E-state index is 12.2. The molecule has 0 saturated carbocycles. The molecule has 0 saturated heterocycles. The number of carbonyl (C=O) groups excluding carboxylic acids is 16. The molecule has 0 rings (SSSR count). The largest absolute Gasteiger partial charge is 0.481 e. The van der Waals surface area contributed by atoms with Crippen molar-refractivity contribution in [2.45, 2.75) is 263 Å². The van der Waals surface area contributed by atoms with Gasteiger partial charge in [-0.1, -0.05) is 0 Å². The van der Waals surface area contributed by atoms with E-state index in [4.69, 9.17) is 37.9 Å². The van der Waals surface area contributed by atoms with Gasteiger partial charge in [-0.25, -0.2) is 0 Å². The molecular weight excluding hydrogens is 1520 g/mol. The third kappa shape index (κ3) is 71.6. The fourth-order valence-corrected chi connectivity index (χ4v) is 11.1. The second kappa shape index (κ2) is 73.6. The summed E-state index contributed by atoms with van der Waals surface area (Å²) < 4.78 is 41.0. The predicted octanol–water partition coefficient (Wildman–Crippen LogP) is 9.61. The minimum absolute atomic E-state index is 0.0154. The normalized spacial score (nSPS) is 12.9. The minimum Gasteiger partial charge on any atom is -0.481 e. The summed E-state index contributed by atoms with van der Waals surface area (Å²) in [6.45, 7) is 23.4. The Bertz CT molecular complexity index is 2610. The summed E-state index contributed by atoms with van der Waals surface area (Å²) in [5, 5.41) is 37.3. The average molecular weight is 1660 g/mol. The molecule has 0 aromatic carbocycles. The van der Waals surface area contributed by atoms with Gasteiger partial charge in [-0.2, -0.15) is 0 Å². The lowest BCUT2D eigenvalue weighted by molar-refractivity contribution is -0.144. The van der Waals surface area contributed by atoms with Gasteiger partial charge in [0.2, 0.25) is 0 Å². The van der Waals surface area contributed by atoms with Crippen LogP contribution in [0.1, 0.15) is 263 Å². The van der Waals surface area contributed by atoms with Gasteiger partial charge in [0.25, 0.3) is 0 Å². The van der Waals surface area contributed by atoms with Gasteiger partial charge in [0.15, 0.2) is 23.1 Å². The number of aliphatic carboxylic acids is 4. The van der Waals surface area contributed by atoms with Crippen molar-refractivity contribution < 1.29 is 154 Å². The number of ether oxygens (including phenoxy) is 8. The van der Waals surface area contributed by atoms with Crippen LogP contribution in [0.4, 0.5) is 0 Å². The molecule has 0 aliphatic carbocycles. The van der Waals surface area contributed by atoms with E-state index in [9.17, 15) is 116 Å². The first kappa shape index (κ1) is 115. The number of carboxylic acid groups (broad SMARTS) is 4. The maximum Gasteiger partial charge on any atom is 0.306 e. The lowest BCUT2D eigenvalue weighted by atomic mass is 9.89. The van der Waals surface area contributed by atoms with Crippen LogP contribution in [-0.4, -0.2) is 243 Å². The lowest BCUT2D eigenvalue weighted by Crippen LogP contribution is -2.20. The smallest absolute Gasteiger partial charge is 0.306 e. The van der Waals surface area contributed by atoms with E-state index in [-0.39, 0.29) is 273 Å². The molecular formula is C84H136O32. The number of ketones is 16. The standard InChI is InChI=1S/4C21H34O8/c4*1-4-28-11-12-29-14-20(25)10-8-17(21(26)27)7-9-19(24)13-18(16(3)23)6-5-15(2)22/h4*17-18H,4-14H2,1-3H3,(H,26,27). The van der Waals surface area contributed by atoms with E-state index in [0.717, 1.165) is 0 Å². The fraction of sp³-hybridized carbons (Fsp3) is 0.762. The summed E-state index contributed by atoms with van der Waals surface area (Å²) in [6, 6.07) is 0. The van der Waals surface area contributed by atoms with Crippen molar-refractivity contribution in [3.05, 3.63) is 0 Å². The predicted molar refractivity (Wildman–Crippen MR) is 422 cm³/mol. The van der Waals surface area contributed by atoms with Gasteiger partial charge < -0.3 is 77.5 Å². The summed E-state index contributed by atoms with van der Waals surface area (Å²) in [6.07, 6.45) is 3.71. The molecule has 0 aliphatic rings. The highest BCUT2D eigenvalue weighted by Gasteiger charge is 2.29. The Labute approximate surface area is 683 Å². The van der Waals surface area contributed by atoms with Crippen molar-refractivity contribution >= 4 is 116 Å². The number of hydrogen-bond donors (Lipinski definition) is 4. The van der Waals surface area contributed by atoms with Gasteiger partial charge in [0.1, 0.15) is 95.8 Å². The molecule has 32 nitrogen and oxygen atoms in total. The third-order valence-electron chi connectivity index (χ3n) is 18.5. The highest BCUT2D eigenvalue weighted by Crippen LogP contribution is 2.25. The monoisotopic (exact) mass is 1660 g/mol. The molecule has 0 heterocycles. The summed E-state index contributed by atoms with van der Waals surface area (Å²) in [4.78, 5) is 232. The van der Waals surface area contributed by atoms with Gasteiger partial charge >= 0.3 is 23.9 Å². The van der Waals surface area contributed by atoms with Crippen LogP contribution in [0.5, 0.6) is 0 Å². The zero-order valence-electron chi connectivity index (χ0n) is 71.0. The quantitative estimate of drug-likeness (QED) is 0.0411. The summed E-state index contributed by atoms with van der Waals surface area (Å²) in [5.74, 6) is -11.8. The molecule has 4 N–H and O–H groups in total. The number of carbonyl (C=O) groups is 20. The van der Waals surface area contributed by atoms with Gasteiger partial charge in [-0.15, -0.1) is 0 Å². The first-order valence-corrected chi connectivity index (χ1v) is 40.3. The second-order valence-electron chi connectivity index (χ2n) is 28.8. The SMILES string of the molecule is CCOCCOCC(=O)CCC(CCC(=O)CC(CCC(C)=O)C(C)=O)C(=O)O.CCOCCOCC(=O)CCC(CCC(=O)CC(CCC(C)=O)C(C)=O)C(=O)O.CCOCCOCC(=O)CCC(CCC(=O)CC(CCC(C)=O)C(C)=O)C(=O)O.CCOCCOCC(=O)CCC(CCC(=O)CC(CCC(C)=O)C(C)=O)C(=O)O. The molecule has 664 valence electrons. The third-order valence-corrected chi connectivity index (χ3v) is 18.5. The number of carboxylic acids is 4. The van der Waals surface area contributed by atoms with Crippen molar-refractivity contribution in [1.82, 2.24) is 0 Å². The van der Waals surface area contributed by atoms with Gasteiger partial charge in [-0.05, 0) is 160 Å². The Morgan fingerprint density at radius 2 is 0.336 bits per heavy atom. The zero-order valence-corrected chi connectivity index (χ0v) is 71.0. The molecule has 116 heavy (non-hydrogen) atoms. The van der Waals surface area contributed by atoms with Crippen molar-refractivity contribution in [1.29, 1.82) is 0 Å². The number of Topliss-reactive ketones (excluding diaryl/α,β-unsaturated/α-hetero) is 16. The van der Waals surface area contributed by atoms with Gasteiger partial charge in [0, 0.05) is 153 Å². The highest BCUT2D eigenvalue weighted by molar-refractivity contribution is 5.91. The van der Waals surface area contributed by atoms with E-state index < -0.39 is 71.2 Å². The van der Waals surface area contributed by atoms with E-state index in [1.807, 2.05) is 27.7 Å². The van der Waals surface area contributed by atoms with Crippen LogP contribution < -0.4 is 0 Å². The van der Waals surface area contributed by atoms with Crippen LogP contribution in [0, 0.1) is 47.3 Å². The van der Waals surface area contributed by atoms with Crippen molar-refractivity contribution in [3.63, 3.8) is 0 Å². The van der Waals surface area contributed by atoms with Crippen molar-refractivity contribution in [2.75, 3.05) is 106 Å². The Kier molecular flexibility index (Phi) is 72.7. The zero-order chi connectivity index (χ0) is 88.9. The average Bonchev–Trinajstić information content (AvgIpc) is 0.929. The fourth-order valence-electron chi connectivity index (χ4n) is 11.1. The number of rotatable bonds is 76. The first-order chi connectivity index (χ1) is 54.7.